The van der Waals surface area contributed by atoms with Gasteiger partial charge >= 0.3 is 5.97 Å². The molecule has 0 aliphatic carbocycles. The van der Waals surface area contributed by atoms with Crippen LogP contribution >= 0.6 is 11.6 Å². The minimum absolute atomic E-state index is 0.0514. The van der Waals surface area contributed by atoms with Crippen molar-refractivity contribution in [1.29, 1.82) is 0 Å². The van der Waals surface area contributed by atoms with E-state index in [0.29, 0.717) is 12.8 Å². The van der Waals surface area contributed by atoms with Crippen LogP contribution in [-0.2, 0) is 29.6 Å². The first-order valence-electron chi connectivity index (χ1n) is 10.2. The molecule has 2 aromatic rings. The van der Waals surface area contributed by atoms with Crippen LogP contribution < -0.4 is 9.44 Å². The van der Waals surface area contributed by atoms with Crippen LogP contribution in [0.25, 0.3) is 0 Å². The molecule has 0 aromatic heterocycles. The number of unbranched alkanes of at least 4 members (excludes halogenated alkanes) is 1. The van der Waals surface area contributed by atoms with Gasteiger partial charge in [-0.2, -0.15) is 4.72 Å². The van der Waals surface area contributed by atoms with Gasteiger partial charge in [-0.3, -0.25) is 4.79 Å². The summed E-state index contributed by atoms with van der Waals surface area (Å²) in [5, 5.41) is -0.369. The highest BCUT2D eigenvalue weighted by molar-refractivity contribution is 7.89. The van der Waals surface area contributed by atoms with Gasteiger partial charge in [0.15, 0.2) is 0 Å². The van der Waals surface area contributed by atoms with Crippen LogP contribution in [-0.4, -0.2) is 42.0 Å². The zero-order chi connectivity index (χ0) is 24.6. The first kappa shape index (κ1) is 27.2. The lowest BCUT2D eigenvalue weighted by Gasteiger charge is -2.17. The molecule has 1 atom stereocenters. The molecule has 0 bridgehead atoms. The van der Waals surface area contributed by atoms with Crippen molar-refractivity contribution in [2.45, 2.75) is 48.9 Å². The monoisotopic (exact) mass is 520 g/mol. The lowest BCUT2D eigenvalue weighted by molar-refractivity contribution is -0.145. The second-order valence-corrected chi connectivity index (χ2v) is 11.1. The number of carbonyl (C=O) groups excluding carboxylic acids is 1. The molecule has 0 saturated heterocycles. The lowest BCUT2D eigenvalue weighted by atomic mass is 10.1. The molecule has 12 heteroatoms. The van der Waals surface area contributed by atoms with Crippen LogP contribution in [0.1, 0.15) is 31.7 Å². The minimum atomic E-state index is -4.18. The summed E-state index contributed by atoms with van der Waals surface area (Å²) < 4.78 is 72.9. The van der Waals surface area contributed by atoms with E-state index in [-0.39, 0.29) is 34.4 Å². The molecule has 0 aliphatic rings. The minimum Gasteiger partial charge on any atom is -0.465 e. The van der Waals surface area contributed by atoms with E-state index in [2.05, 4.69) is 9.44 Å². The van der Waals surface area contributed by atoms with Crippen LogP contribution in [0.2, 0.25) is 5.02 Å². The number of aryl methyl sites for hydroxylation is 1. The number of nitrogens with one attached hydrogen (secondary N) is 2. The van der Waals surface area contributed by atoms with Gasteiger partial charge in [-0.05, 0) is 63.4 Å². The Morgan fingerprint density at radius 3 is 2.27 bits per heavy atom. The van der Waals surface area contributed by atoms with E-state index >= 15 is 0 Å². The second kappa shape index (κ2) is 11.9. The highest BCUT2D eigenvalue weighted by Crippen LogP contribution is 2.20. The number of carbonyl (C=O) groups is 1. The molecule has 8 nitrogen and oxygen atoms in total. The molecule has 182 valence electrons. The van der Waals surface area contributed by atoms with Gasteiger partial charge in [-0.15, -0.1) is 0 Å². The standard InChI is InChI=1S/C21H26ClFN2O6S2/c1-3-31-21(26)20(25-33(29,30)17-11-12-19(23)18(22)14-17)6-4-5-13-24-32(27,28)16-9-7-15(2)8-10-16/h7-12,14,20,24-25H,3-6,13H2,1-2H3. The van der Waals surface area contributed by atoms with Gasteiger partial charge in [-0.25, -0.2) is 25.9 Å². The van der Waals surface area contributed by atoms with Gasteiger partial charge in [0.1, 0.15) is 11.9 Å². The maximum atomic E-state index is 13.4. The fraction of sp³-hybridized carbons (Fsp3) is 0.381. The Kier molecular flexibility index (Phi) is 9.80. The summed E-state index contributed by atoms with van der Waals surface area (Å²) in [6.07, 6.45) is 0.747. The first-order valence-corrected chi connectivity index (χ1v) is 13.5. The fourth-order valence-electron chi connectivity index (χ4n) is 2.85. The molecule has 1 unspecified atom stereocenters. The molecule has 2 aromatic carbocycles. The number of sulfonamides is 2. The Morgan fingerprint density at radius 2 is 1.67 bits per heavy atom. The van der Waals surface area contributed by atoms with Crippen molar-refractivity contribution in [3.8, 4) is 0 Å². The smallest absolute Gasteiger partial charge is 0.324 e. The van der Waals surface area contributed by atoms with Crippen LogP contribution in [0.3, 0.4) is 0 Å². The number of hydrogen-bond acceptors (Lipinski definition) is 6. The van der Waals surface area contributed by atoms with Crippen molar-refractivity contribution < 1.29 is 30.8 Å². The fourth-order valence-corrected chi connectivity index (χ4v) is 5.41. The van der Waals surface area contributed by atoms with Crippen molar-refractivity contribution in [3.63, 3.8) is 0 Å². The number of benzene rings is 2. The summed E-state index contributed by atoms with van der Waals surface area (Å²) in [4.78, 5) is 12.1. The summed E-state index contributed by atoms with van der Waals surface area (Å²) in [5.74, 6) is -1.54. The number of esters is 1. The summed E-state index contributed by atoms with van der Waals surface area (Å²) >= 11 is 5.66. The molecular weight excluding hydrogens is 495 g/mol. The van der Waals surface area contributed by atoms with Gasteiger partial charge in [0, 0.05) is 6.54 Å². The van der Waals surface area contributed by atoms with Gasteiger partial charge in [0.2, 0.25) is 20.0 Å². The van der Waals surface area contributed by atoms with E-state index in [1.807, 2.05) is 6.92 Å². The molecule has 0 radical (unpaired) electrons. The number of halogens is 2. The number of hydrogen-bond donors (Lipinski definition) is 2. The van der Waals surface area contributed by atoms with Crippen LogP contribution in [0.15, 0.2) is 52.3 Å². The summed E-state index contributed by atoms with van der Waals surface area (Å²) in [5.41, 5.74) is 0.935. The Balaban J connectivity index is 1.97. The predicted molar refractivity (Wildman–Crippen MR) is 122 cm³/mol. The Bertz CT molecular complexity index is 1170. The summed E-state index contributed by atoms with van der Waals surface area (Å²) in [7, 11) is -7.85. The molecule has 0 amide bonds. The van der Waals surface area contributed by atoms with Crippen molar-refractivity contribution in [2.75, 3.05) is 13.2 Å². The molecule has 0 fully saturated rings. The molecule has 0 saturated carbocycles. The van der Waals surface area contributed by atoms with Crippen molar-refractivity contribution in [1.82, 2.24) is 9.44 Å². The van der Waals surface area contributed by atoms with Crippen molar-refractivity contribution >= 4 is 37.6 Å². The molecule has 0 aliphatic heterocycles. The highest BCUT2D eigenvalue weighted by Gasteiger charge is 2.27. The van der Waals surface area contributed by atoms with E-state index in [0.717, 1.165) is 23.8 Å². The molecule has 2 N–H and O–H groups in total. The average molecular weight is 521 g/mol. The maximum absolute atomic E-state index is 13.4. The van der Waals surface area contributed by atoms with Gasteiger partial charge in [0.05, 0.1) is 21.4 Å². The maximum Gasteiger partial charge on any atom is 0.324 e. The lowest BCUT2D eigenvalue weighted by Crippen LogP contribution is -2.42. The highest BCUT2D eigenvalue weighted by atomic mass is 35.5. The first-order chi connectivity index (χ1) is 15.5. The van der Waals surface area contributed by atoms with E-state index in [4.69, 9.17) is 16.3 Å². The molecular formula is C21H26ClFN2O6S2. The quantitative estimate of drug-likeness (QED) is 0.328. The normalized spacial score (nSPS) is 13.0. The Morgan fingerprint density at radius 1 is 1.03 bits per heavy atom. The number of ether oxygens (including phenoxy) is 1. The third-order valence-electron chi connectivity index (χ3n) is 4.61. The molecule has 33 heavy (non-hydrogen) atoms. The largest absolute Gasteiger partial charge is 0.465 e. The van der Waals surface area contributed by atoms with Gasteiger partial charge in [-0.1, -0.05) is 29.3 Å². The third-order valence-corrected chi connectivity index (χ3v) is 7.85. The molecule has 0 heterocycles. The summed E-state index contributed by atoms with van der Waals surface area (Å²) in [6, 6.07) is 8.09. The van der Waals surface area contributed by atoms with Crippen LogP contribution in [0.4, 0.5) is 4.39 Å². The molecule has 0 spiro atoms. The number of rotatable bonds is 12. The third kappa shape index (κ3) is 8.04. The second-order valence-electron chi connectivity index (χ2n) is 7.21. The van der Waals surface area contributed by atoms with E-state index < -0.39 is 37.9 Å². The van der Waals surface area contributed by atoms with Gasteiger partial charge < -0.3 is 4.74 Å². The average Bonchev–Trinajstić information content (AvgIpc) is 2.74. The summed E-state index contributed by atoms with van der Waals surface area (Å²) in [6.45, 7) is 3.59. The predicted octanol–water partition coefficient (Wildman–Crippen LogP) is 3.15. The van der Waals surface area contributed by atoms with Crippen LogP contribution in [0.5, 0.6) is 0 Å². The van der Waals surface area contributed by atoms with Crippen molar-refractivity contribution in [3.05, 3.63) is 58.9 Å². The zero-order valence-electron chi connectivity index (χ0n) is 18.2. The van der Waals surface area contributed by atoms with Crippen LogP contribution in [0, 0.1) is 12.7 Å². The Labute approximate surface area is 198 Å². The van der Waals surface area contributed by atoms with Crippen molar-refractivity contribution in [2.24, 2.45) is 0 Å². The zero-order valence-corrected chi connectivity index (χ0v) is 20.6. The van der Waals surface area contributed by atoms with E-state index in [1.54, 1.807) is 19.1 Å². The van der Waals surface area contributed by atoms with Gasteiger partial charge in [0.25, 0.3) is 0 Å². The van der Waals surface area contributed by atoms with E-state index in [1.165, 1.54) is 12.1 Å². The topological polar surface area (TPSA) is 119 Å². The Hall–Kier alpha value is -2.05. The van der Waals surface area contributed by atoms with E-state index in [9.17, 15) is 26.0 Å². The molecule has 2 rings (SSSR count). The SMILES string of the molecule is CCOC(=O)C(CCCCNS(=O)(=O)c1ccc(C)cc1)NS(=O)(=O)c1ccc(F)c(Cl)c1.